The summed E-state index contributed by atoms with van der Waals surface area (Å²) in [4.78, 5) is 12.5. The number of aromatic nitrogens is 2. The van der Waals surface area contributed by atoms with Gasteiger partial charge in [-0.25, -0.2) is 9.18 Å². The minimum absolute atomic E-state index is 0.142. The lowest BCUT2D eigenvalue weighted by atomic mass is 10.2. The molecule has 0 saturated heterocycles. The van der Waals surface area contributed by atoms with E-state index in [-0.39, 0.29) is 11.4 Å². The van der Waals surface area contributed by atoms with Crippen molar-refractivity contribution in [1.82, 2.24) is 9.78 Å². The van der Waals surface area contributed by atoms with Crippen LogP contribution in [-0.4, -0.2) is 22.9 Å². The Hall–Kier alpha value is -3.93. The monoisotopic (exact) mass is 388 g/mol. The summed E-state index contributed by atoms with van der Waals surface area (Å²) in [7, 11) is 1.58. The molecule has 4 rings (SSSR count). The van der Waals surface area contributed by atoms with Crippen LogP contribution in [0.3, 0.4) is 0 Å². The van der Waals surface area contributed by atoms with Gasteiger partial charge in [-0.3, -0.25) is 0 Å². The largest absolute Gasteiger partial charge is 0.497 e. The Morgan fingerprint density at radius 1 is 0.931 bits per heavy atom. The zero-order valence-corrected chi connectivity index (χ0v) is 15.6. The smallest absolute Gasteiger partial charge is 0.347 e. The van der Waals surface area contributed by atoms with Crippen molar-refractivity contribution in [3.63, 3.8) is 0 Å². The molecule has 3 aromatic carbocycles. The van der Waals surface area contributed by atoms with Gasteiger partial charge in [-0.05, 0) is 36.4 Å². The fourth-order valence-electron chi connectivity index (χ4n) is 2.87. The van der Waals surface area contributed by atoms with Crippen LogP contribution in [-0.2, 0) is 0 Å². The first-order chi connectivity index (χ1) is 14.2. The predicted octanol–water partition coefficient (Wildman–Crippen LogP) is 4.91. The minimum Gasteiger partial charge on any atom is -0.497 e. The molecule has 0 spiro atoms. The molecule has 0 fully saturated rings. The third kappa shape index (κ3) is 3.87. The van der Waals surface area contributed by atoms with Gasteiger partial charge in [0.1, 0.15) is 11.6 Å². The molecule has 0 aliphatic carbocycles. The van der Waals surface area contributed by atoms with E-state index in [1.165, 1.54) is 22.9 Å². The van der Waals surface area contributed by atoms with Crippen molar-refractivity contribution in [2.45, 2.75) is 0 Å². The van der Waals surface area contributed by atoms with Gasteiger partial charge in [0, 0.05) is 11.6 Å². The molecule has 0 N–H and O–H groups in total. The molecule has 0 saturated carbocycles. The number of hydrogen-bond donors (Lipinski definition) is 0. The van der Waals surface area contributed by atoms with Crippen LogP contribution in [0, 0.1) is 5.82 Å². The van der Waals surface area contributed by atoms with Crippen molar-refractivity contribution in [2.75, 3.05) is 7.11 Å². The van der Waals surface area contributed by atoms with Crippen LogP contribution >= 0.6 is 0 Å². The van der Waals surface area contributed by atoms with E-state index in [2.05, 4.69) is 5.10 Å². The molecule has 6 heteroatoms. The van der Waals surface area contributed by atoms with E-state index in [9.17, 15) is 9.18 Å². The lowest BCUT2D eigenvalue weighted by Crippen LogP contribution is -2.13. The van der Waals surface area contributed by atoms with E-state index in [0.29, 0.717) is 17.1 Å². The predicted molar refractivity (Wildman–Crippen MR) is 107 cm³/mol. The number of methoxy groups -OCH3 is 1. The van der Waals surface area contributed by atoms with Crippen LogP contribution in [0.5, 0.6) is 11.6 Å². The third-order valence-electron chi connectivity index (χ3n) is 4.35. The van der Waals surface area contributed by atoms with Crippen LogP contribution < -0.4 is 9.47 Å². The lowest BCUT2D eigenvalue weighted by Gasteiger charge is -2.09. The second-order valence-corrected chi connectivity index (χ2v) is 6.21. The average Bonchev–Trinajstić information content (AvgIpc) is 3.18. The Bertz CT molecular complexity index is 1140. The standard InChI is InChI=1S/C23H17FN2O3/c1-28-18-13-11-17(12-14-18)26-22(15-21(25-26)16-7-3-2-4-8-16)29-23(27)19-9-5-6-10-20(19)24/h2-15H,1H3. The van der Waals surface area contributed by atoms with Crippen LogP contribution in [0.2, 0.25) is 0 Å². The summed E-state index contributed by atoms with van der Waals surface area (Å²) in [5.41, 5.74) is 2.02. The van der Waals surface area contributed by atoms with E-state index in [1.54, 1.807) is 43.5 Å². The second-order valence-electron chi connectivity index (χ2n) is 6.21. The zero-order chi connectivity index (χ0) is 20.2. The van der Waals surface area contributed by atoms with E-state index in [1.807, 2.05) is 30.3 Å². The van der Waals surface area contributed by atoms with Crippen LogP contribution in [0.1, 0.15) is 10.4 Å². The molecule has 0 unspecified atom stereocenters. The molecule has 0 amide bonds. The highest BCUT2D eigenvalue weighted by Crippen LogP contribution is 2.28. The molecule has 0 bridgehead atoms. The fourth-order valence-corrected chi connectivity index (χ4v) is 2.87. The first-order valence-electron chi connectivity index (χ1n) is 8.92. The second kappa shape index (κ2) is 7.98. The number of halogens is 1. The molecule has 29 heavy (non-hydrogen) atoms. The van der Waals surface area contributed by atoms with Gasteiger partial charge in [0.2, 0.25) is 5.88 Å². The third-order valence-corrected chi connectivity index (χ3v) is 4.35. The van der Waals surface area contributed by atoms with Crippen molar-refractivity contribution in [3.05, 3.63) is 96.3 Å². The van der Waals surface area contributed by atoms with E-state index in [4.69, 9.17) is 9.47 Å². The average molecular weight is 388 g/mol. The zero-order valence-electron chi connectivity index (χ0n) is 15.6. The molecule has 144 valence electrons. The van der Waals surface area contributed by atoms with Crippen molar-refractivity contribution in [1.29, 1.82) is 0 Å². The van der Waals surface area contributed by atoms with Gasteiger partial charge < -0.3 is 9.47 Å². The van der Waals surface area contributed by atoms with Crippen LogP contribution in [0.15, 0.2) is 84.9 Å². The number of nitrogens with zero attached hydrogens (tertiary/aromatic N) is 2. The van der Waals surface area contributed by atoms with Gasteiger partial charge in [-0.1, -0.05) is 42.5 Å². The minimum atomic E-state index is -0.794. The first kappa shape index (κ1) is 18.4. The Morgan fingerprint density at radius 3 is 2.31 bits per heavy atom. The van der Waals surface area contributed by atoms with Crippen molar-refractivity contribution >= 4 is 5.97 Å². The van der Waals surface area contributed by atoms with Crippen LogP contribution in [0.4, 0.5) is 4.39 Å². The number of benzene rings is 3. The number of hydrogen-bond acceptors (Lipinski definition) is 4. The number of carbonyl (C=O) groups is 1. The molecule has 4 aromatic rings. The molecule has 1 heterocycles. The Balaban J connectivity index is 1.75. The molecule has 5 nitrogen and oxygen atoms in total. The summed E-state index contributed by atoms with van der Waals surface area (Å²) in [5, 5.41) is 4.58. The molecule has 0 aliphatic rings. The summed E-state index contributed by atoms with van der Waals surface area (Å²) in [6.45, 7) is 0. The van der Waals surface area contributed by atoms with Gasteiger partial charge in [-0.2, -0.15) is 9.78 Å². The van der Waals surface area contributed by atoms with Crippen LogP contribution in [0.25, 0.3) is 16.9 Å². The van der Waals surface area contributed by atoms with Gasteiger partial charge in [0.25, 0.3) is 0 Å². The Morgan fingerprint density at radius 2 is 1.62 bits per heavy atom. The van der Waals surface area contributed by atoms with Crippen molar-refractivity contribution in [3.8, 4) is 28.6 Å². The maximum atomic E-state index is 14.0. The maximum absolute atomic E-state index is 14.0. The molecule has 0 aliphatic heterocycles. The van der Waals surface area contributed by atoms with Crippen molar-refractivity contribution in [2.24, 2.45) is 0 Å². The van der Waals surface area contributed by atoms with E-state index in [0.717, 1.165) is 5.56 Å². The maximum Gasteiger partial charge on any atom is 0.347 e. The first-order valence-corrected chi connectivity index (χ1v) is 8.92. The van der Waals surface area contributed by atoms with Gasteiger partial charge >= 0.3 is 5.97 Å². The molecular formula is C23H17FN2O3. The summed E-state index contributed by atoms with van der Waals surface area (Å²) >= 11 is 0. The van der Waals surface area contributed by atoms with Gasteiger partial charge in [-0.15, -0.1) is 0 Å². The number of ether oxygens (including phenoxy) is 2. The summed E-state index contributed by atoms with van der Waals surface area (Å²) in [6, 6.07) is 24.0. The van der Waals surface area contributed by atoms with Crippen molar-refractivity contribution < 1.29 is 18.7 Å². The highest BCUT2D eigenvalue weighted by atomic mass is 19.1. The van der Waals surface area contributed by atoms with Gasteiger partial charge in [0.05, 0.1) is 24.1 Å². The summed E-state index contributed by atoms with van der Waals surface area (Å²) in [5.74, 6) is -0.565. The number of carbonyl (C=O) groups excluding carboxylic acids is 1. The Labute approximate surface area is 166 Å². The number of esters is 1. The lowest BCUT2D eigenvalue weighted by molar-refractivity contribution is 0.0718. The highest BCUT2D eigenvalue weighted by molar-refractivity contribution is 5.91. The normalized spacial score (nSPS) is 10.6. The molecule has 1 aromatic heterocycles. The molecule has 0 radical (unpaired) electrons. The summed E-state index contributed by atoms with van der Waals surface area (Å²) in [6.07, 6.45) is 0. The SMILES string of the molecule is COc1ccc(-n2nc(-c3ccccc3)cc2OC(=O)c2ccccc2F)cc1. The van der Waals surface area contributed by atoms with E-state index < -0.39 is 11.8 Å². The topological polar surface area (TPSA) is 53.4 Å². The highest BCUT2D eigenvalue weighted by Gasteiger charge is 2.19. The molecule has 0 atom stereocenters. The van der Waals surface area contributed by atoms with E-state index >= 15 is 0 Å². The van der Waals surface area contributed by atoms with Gasteiger partial charge in [0.15, 0.2) is 0 Å². The quantitative estimate of drug-likeness (QED) is 0.456. The Kier molecular flexibility index (Phi) is 5.07. The summed E-state index contributed by atoms with van der Waals surface area (Å²) < 4.78 is 26.2. The molecular weight excluding hydrogens is 371 g/mol. The fraction of sp³-hybridized carbons (Fsp3) is 0.0435. The number of rotatable bonds is 5.